The van der Waals surface area contributed by atoms with E-state index in [2.05, 4.69) is 66.7 Å². The van der Waals surface area contributed by atoms with E-state index in [9.17, 15) is 5.11 Å². The van der Waals surface area contributed by atoms with Gasteiger partial charge in [0.1, 0.15) is 0 Å². The minimum Gasteiger partial charge on any atom is -0.392 e. The molecule has 0 heterocycles. The molecule has 28 heavy (non-hydrogen) atoms. The zero-order valence-electron chi connectivity index (χ0n) is 19.3. The maximum atomic E-state index is 10.7. The highest BCUT2D eigenvalue weighted by Crippen LogP contribution is 2.67. The van der Waals surface area contributed by atoms with Gasteiger partial charge in [0.25, 0.3) is 0 Å². The van der Waals surface area contributed by atoms with Crippen LogP contribution in [0.15, 0.2) is 34.9 Å². The van der Waals surface area contributed by atoms with Crippen LogP contribution in [0.25, 0.3) is 0 Å². The SMILES string of the molecule is CC(C)=C[C@@H](C)[C@H]1CC[C@H]2C3=CC=C4C(C)(C)[C@@H](O)CC[C@]4(C)[C@H]3CC[C@]12C. The van der Waals surface area contributed by atoms with Crippen LogP contribution in [0.1, 0.15) is 87.0 Å². The average molecular weight is 383 g/mol. The third-order valence-electron chi connectivity index (χ3n) is 9.71. The molecule has 0 aromatic carbocycles. The zero-order valence-corrected chi connectivity index (χ0v) is 19.3. The maximum Gasteiger partial charge on any atom is 0.0628 e. The molecule has 4 aliphatic carbocycles. The van der Waals surface area contributed by atoms with Crippen molar-refractivity contribution < 1.29 is 5.11 Å². The minimum absolute atomic E-state index is 0.0913. The third kappa shape index (κ3) is 2.75. The van der Waals surface area contributed by atoms with Gasteiger partial charge in [0.05, 0.1) is 6.10 Å². The number of aliphatic hydroxyl groups excluding tert-OH is 1. The van der Waals surface area contributed by atoms with Crippen molar-refractivity contribution in [3.8, 4) is 0 Å². The zero-order chi connectivity index (χ0) is 20.5. The molecule has 0 saturated heterocycles. The average Bonchev–Trinajstić information content (AvgIpc) is 2.95. The molecule has 0 bridgehead atoms. The van der Waals surface area contributed by atoms with E-state index in [0.29, 0.717) is 17.3 Å². The summed E-state index contributed by atoms with van der Waals surface area (Å²) < 4.78 is 0. The summed E-state index contributed by atoms with van der Waals surface area (Å²) in [5.74, 6) is 2.95. The summed E-state index contributed by atoms with van der Waals surface area (Å²) in [5, 5.41) is 10.7. The van der Waals surface area contributed by atoms with Crippen LogP contribution in [-0.4, -0.2) is 11.2 Å². The predicted molar refractivity (Wildman–Crippen MR) is 119 cm³/mol. The van der Waals surface area contributed by atoms with E-state index in [0.717, 1.165) is 24.7 Å². The Kier molecular flexibility index (Phi) is 4.82. The molecule has 4 rings (SSSR count). The Hall–Kier alpha value is -0.820. The topological polar surface area (TPSA) is 20.2 Å². The molecule has 1 nitrogen and oxygen atoms in total. The van der Waals surface area contributed by atoms with Crippen LogP contribution in [0.5, 0.6) is 0 Å². The summed E-state index contributed by atoms with van der Waals surface area (Å²) in [4.78, 5) is 0. The monoisotopic (exact) mass is 382 g/mol. The van der Waals surface area contributed by atoms with Crippen LogP contribution >= 0.6 is 0 Å². The first kappa shape index (κ1) is 20.5. The highest BCUT2D eigenvalue weighted by Gasteiger charge is 2.58. The highest BCUT2D eigenvalue weighted by atomic mass is 16.3. The molecule has 0 radical (unpaired) electrons. The van der Waals surface area contributed by atoms with Crippen LogP contribution in [0.4, 0.5) is 0 Å². The highest BCUT2D eigenvalue weighted by molar-refractivity contribution is 5.41. The predicted octanol–water partition coefficient (Wildman–Crippen LogP) is 7.08. The van der Waals surface area contributed by atoms with E-state index in [1.807, 2.05) is 0 Å². The molecule has 0 amide bonds. The van der Waals surface area contributed by atoms with Gasteiger partial charge in [-0.15, -0.1) is 0 Å². The Morgan fingerprint density at radius 3 is 2.39 bits per heavy atom. The van der Waals surface area contributed by atoms with Gasteiger partial charge in [-0.1, -0.05) is 69.6 Å². The number of aliphatic hydroxyl groups is 1. The molecule has 0 aromatic rings. The molecular weight excluding hydrogens is 340 g/mol. The van der Waals surface area contributed by atoms with Gasteiger partial charge in [-0.2, -0.15) is 0 Å². The lowest BCUT2D eigenvalue weighted by Gasteiger charge is -2.58. The van der Waals surface area contributed by atoms with Crippen LogP contribution in [0.2, 0.25) is 0 Å². The molecule has 0 unspecified atom stereocenters. The third-order valence-corrected chi connectivity index (χ3v) is 9.71. The number of allylic oxidation sites excluding steroid dienone is 5. The van der Waals surface area contributed by atoms with E-state index in [1.54, 1.807) is 5.57 Å². The quantitative estimate of drug-likeness (QED) is 0.506. The molecule has 0 aromatic heterocycles. The van der Waals surface area contributed by atoms with Crippen molar-refractivity contribution in [1.82, 2.24) is 0 Å². The van der Waals surface area contributed by atoms with Crippen LogP contribution < -0.4 is 0 Å². The van der Waals surface area contributed by atoms with Gasteiger partial charge in [-0.3, -0.25) is 0 Å². The number of rotatable bonds is 2. The first-order valence-electron chi connectivity index (χ1n) is 11.8. The van der Waals surface area contributed by atoms with Gasteiger partial charge in [0, 0.05) is 5.41 Å². The lowest BCUT2D eigenvalue weighted by atomic mass is 9.47. The lowest BCUT2D eigenvalue weighted by Crippen LogP contribution is -2.51. The second-order valence-corrected chi connectivity index (χ2v) is 11.9. The first-order valence-corrected chi connectivity index (χ1v) is 11.8. The fourth-order valence-electron chi connectivity index (χ4n) is 8.25. The van der Waals surface area contributed by atoms with Gasteiger partial charge < -0.3 is 5.11 Å². The van der Waals surface area contributed by atoms with Crippen molar-refractivity contribution in [2.45, 2.75) is 93.1 Å². The van der Waals surface area contributed by atoms with Crippen molar-refractivity contribution in [1.29, 1.82) is 0 Å². The Balaban J connectivity index is 1.71. The largest absolute Gasteiger partial charge is 0.392 e. The summed E-state index contributed by atoms with van der Waals surface area (Å²) in [6.45, 7) is 16.6. The Morgan fingerprint density at radius 2 is 1.71 bits per heavy atom. The van der Waals surface area contributed by atoms with Crippen LogP contribution in [-0.2, 0) is 0 Å². The molecule has 4 aliphatic rings. The number of hydrogen-bond donors (Lipinski definition) is 1. The summed E-state index contributed by atoms with van der Waals surface area (Å²) in [5.41, 5.74) is 5.36. The fourth-order valence-corrected chi connectivity index (χ4v) is 8.25. The number of fused-ring (bicyclic) bond motifs is 5. The van der Waals surface area contributed by atoms with E-state index in [-0.39, 0.29) is 16.9 Å². The smallest absolute Gasteiger partial charge is 0.0628 e. The first-order chi connectivity index (χ1) is 13.0. The Labute approximate surface area is 173 Å². The van der Waals surface area contributed by atoms with E-state index in [4.69, 9.17) is 0 Å². The summed E-state index contributed by atoms with van der Waals surface area (Å²) in [6.07, 6.45) is 14.8. The minimum atomic E-state index is -0.198. The second kappa shape index (κ2) is 6.59. The van der Waals surface area contributed by atoms with Crippen LogP contribution in [0.3, 0.4) is 0 Å². The van der Waals surface area contributed by atoms with E-state index >= 15 is 0 Å². The molecule has 0 aliphatic heterocycles. The van der Waals surface area contributed by atoms with Crippen LogP contribution in [0, 0.1) is 39.9 Å². The van der Waals surface area contributed by atoms with Crippen molar-refractivity contribution in [3.05, 3.63) is 34.9 Å². The van der Waals surface area contributed by atoms with Gasteiger partial charge in [-0.05, 0) is 86.9 Å². The van der Waals surface area contributed by atoms with Crippen molar-refractivity contribution in [2.24, 2.45) is 39.9 Å². The molecular formula is C27H42O. The molecule has 7 atom stereocenters. The molecule has 3 saturated carbocycles. The van der Waals surface area contributed by atoms with Crippen molar-refractivity contribution >= 4 is 0 Å². The van der Waals surface area contributed by atoms with Gasteiger partial charge in [0.15, 0.2) is 0 Å². The van der Waals surface area contributed by atoms with Crippen molar-refractivity contribution in [2.75, 3.05) is 0 Å². The van der Waals surface area contributed by atoms with Gasteiger partial charge in [0.2, 0.25) is 0 Å². The van der Waals surface area contributed by atoms with Gasteiger partial charge in [-0.25, -0.2) is 0 Å². The summed E-state index contributed by atoms with van der Waals surface area (Å²) in [7, 11) is 0. The summed E-state index contributed by atoms with van der Waals surface area (Å²) in [6, 6.07) is 0. The molecule has 3 fully saturated rings. The lowest BCUT2D eigenvalue weighted by molar-refractivity contribution is -0.0160. The maximum absolute atomic E-state index is 10.7. The molecule has 156 valence electrons. The molecule has 1 heteroatoms. The standard InChI is InChI=1S/C27H42O/c1-17(2)16-18(3)20-9-10-21-19-8-11-23-25(4,5)24(28)13-15-27(23,7)22(19)12-14-26(20,21)6/h8,11,16,18,20-22,24,28H,9-10,12-15H2,1-7H3/t18-,20-,21+,22+,24+,26-,27-/m1/s1. The summed E-state index contributed by atoms with van der Waals surface area (Å²) >= 11 is 0. The van der Waals surface area contributed by atoms with Gasteiger partial charge >= 0.3 is 0 Å². The van der Waals surface area contributed by atoms with E-state index < -0.39 is 0 Å². The fraction of sp³-hybridized carbons (Fsp3) is 0.778. The van der Waals surface area contributed by atoms with E-state index in [1.165, 1.54) is 36.8 Å². The second-order valence-electron chi connectivity index (χ2n) is 11.9. The molecule has 0 spiro atoms. The van der Waals surface area contributed by atoms with Crippen molar-refractivity contribution in [3.63, 3.8) is 0 Å². The number of hydrogen-bond acceptors (Lipinski definition) is 1. The molecule has 1 N–H and O–H groups in total. The normalized spacial score (nSPS) is 45.1. The Morgan fingerprint density at radius 1 is 1.00 bits per heavy atom. The Bertz CT molecular complexity index is 733.